The standard InChI is InChI=1S/C11H9N5/c12-6-8-1-2-10(5-9(8)7-13)16-11-14-3-4-15-11/h1-2,5H,3-4H2,(H2,14,15,16). The molecule has 5 heteroatoms. The third-order valence-corrected chi connectivity index (χ3v) is 2.20. The Kier molecular flexibility index (Phi) is 2.71. The van der Waals surface area contributed by atoms with Crippen molar-refractivity contribution in [3.8, 4) is 12.1 Å². The number of nitrogens with one attached hydrogen (secondary N) is 2. The van der Waals surface area contributed by atoms with Crippen LogP contribution < -0.4 is 10.6 Å². The number of hydrogen-bond donors (Lipinski definition) is 2. The molecule has 0 aromatic heterocycles. The second-order valence-electron chi connectivity index (χ2n) is 3.27. The van der Waals surface area contributed by atoms with Crippen molar-refractivity contribution in [2.24, 2.45) is 4.99 Å². The molecule has 78 valence electrons. The van der Waals surface area contributed by atoms with Crippen molar-refractivity contribution in [1.29, 1.82) is 10.5 Å². The van der Waals surface area contributed by atoms with Crippen LogP contribution in [0.4, 0.5) is 5.69 Å². The Morgan fingerprint density at radius 2 is 2.06 bits per heavy atom. The Labute approximate surface area is 93.0 Å². The van der Waals surface area contributed by atoms with E-state index in [0.29, 0.717) is 17.1 Å². The summed E-state index contributed by atoms with van der Waals surface area (Å²) in [6.45, 7) is 1.58. The van der Waals surface area contributed by atoms with E-state index in [2.05, 4.69) is 15.6 Å². The summed E-state index contributed by atoms with van der Waals surface area (Å²) in [5, 5.41) is 23.7. The van der Waals surface area contributed by atoms with Crippen molar-refractivity contribution < 1.29 is 0 Å². The van der Waals surface area contributed by atoms with Gasteiger partial charge < -0.3 is 10.6 Å². The van der Waals surface area contributed by atoms with E-state index in [1.807, 2.05) is 12.1 Å². The SMILES string of the molecule is N#Cc1ccc(NC2=NCCN2)cc1C#N. The number of hydrogen-bond acceptors (Lipinski definition) is 5. The van der Waals surface area contributed by atoms with Crippen molar-refractivity contribution in [2.75, 3.05) is 18.4 Å². The van der Waals surface area contributed by atoms with Crippen LogP contribution in [-0.4, -0.2) is 19.0 Å². The zero-order chi connectivity index (χ0) is 11.4. The van der Waals surface area contributed by atoms with Crippen LogP contribution in [0.5, 0.6) is 0 Å². The summed E-state index contributed by atoms with van der Waals surface area (Å²) >= 11 is 0. The first-order valence-corrected chi connectivity index (χ1v) is 4.83. The molecular formula is C11H9N5. The van der Waals surface area contributed by atoms with Gasteiger partial charge in [0.05, 0.1) is 17.7 Å². The van der Waals surface area contributed by atoms with Gasteiger partial charge in [-0.25, -0.2) is 0 Å². The van der Waals surface area contributed by atoms with Gasteiger partial charge in [-0.15, -0.1) is 0 Å². The van der Waals surface area contributed by atoms with Gasteiger partial charge in [-0.2, -0.15) is 10.5 Å². The maximum absolute atomic E-state index is 8.86. The van der Waals surface area contributed by atoms with E-state index >= 15 is 0 Å². The summed E-state index contributed by atoms with van der Waals surface area (Å²) in [5.74, 6) is 0.702. The van der Waals surface area contributed by atoms with Crippen LogP contribution in [0.1, 0.15) is 11.1 Å². The monoisotopic (exact) mass is 211 g/mol. The molecule has 0 unspecified atom stereocenters. The van der Waals surface area contributed by atoms with Crippen molar-refractivity contribution >= 4 is 11.6 Å². The predicted octanol–water partition coefficient (Wildman–Crippen LogP) is 0.801. The molecule has 1 aliphatic rings. The van der Waals surface area contributed by atoms with Crippen LogP contribution in [-0.2, 0) is 0 Å². The van der Waals surface area contributed by atoms with Gasteiger partial charge in [0.15, 0.2) is 5.96 Å². The molecule has 0 bridgehead atoms. The normalized spacial score (nSPS) is 13.2. The molecule has 0 saturated carbocycles. The van der Waals surface area contributed by atoms with Gasteiger partial charge >= 0.3 is 0 Å². The maximum atomic E-state index is 8.86. The van der Waals surface area contributed by atoms with Crippen molar-refractivity contribution in [1.82, 2.24) is 5.32 Å². The third-order valence-electron chi connectivity index (χ3n) is 2.20. The van der Waals surface area contributed by atoms with Crippen molar-refractivity contribution in [3.63, 3.8) is 0 Å². The number of guanidine groups is 1. The molecule has 0 amide bonds. The maximum Gasteiger partial charge on any atom is 0.195 e. The molecule has 0 spiro atoms. The number of nitriles is 2. The number of anilines is 1. The van der Waals surface area contributed by atoms with E-state index in [1.54, 1.807) is 18.2 Å². The highest BCUT2D eigenvalue weighted by molar-refractivity contribution is 5.94. The molecule has 0 aliphatic carbocycles. The van der Waals surface area contributed by atoms with Crippen LogP contribution in [0, 0.1) is 22.7 Å². The highest BCUT2D eigenvalue weighted by Gasteiger charge is 2.07. The summed E-state index contributed by atoms with van der Waals surface area (Å²) in [6.07, 6.45) is 0. The minimum atomic E-state index is 0.367. The Morgan fingerprint density at radius 1 is 1.25 bits per heavy atom. The molecule has 1 aliphatic heterocycles. The fourth-order valence-electron chi connectivity index (χ4n) is 1.43. The Bertz CT molecular complexity index is 518. The third kappa shape index (κ3) is 1.94. The first-order chi connectivity index (χ1) is 7.83. The van der Waals surface area contributed by atoms with Crippen LogP contribution in [0.15, 0.2) is 23.2 Å². The number of nitrogens with zero attached hydrogens (tertiary/aromatic N) is 3. The van der Waals surface area contributed by atoms with Gasteiger partial charge in [0.2, 0.25) is 0 Å². The largest absolute Gasteiger partial charge is 0.354 e. The van der Waals surface area contributed by atoms with E-state index in [0.717, 1.165) is 18.8 Å². The molecule has 0 fully saturated rings. The lowest BCUT2D eigenvalue weighted by Gasteiger charge is -2.06. The summed E-state index contributed by atoms with van der Waals surface area (Å²) in [4.78, 5) is 4.18. The van der Waals surface area contributed by atoms with Gasteiger partial charge in [-0.1, -0.05) is 0 Å². The Hall–Kier alpha value is -2.53. The van der Waals surface area contributed by atoms with Gasteiger partial charge in [-0.3, -0.25) is 4.99 Å². The molecule has 0 saturated heterocycles. The fraction of sp³-hybridized carbons (Fsp3) is 0.182. The summed E-state index contributed by atoms with van der Waals surface area (Å²) in [6, 6.07) is 8.97. The summed E-state index contributed by atoms with van der Waals surface area (Å²) in [7, 11) is 0. The van der Waals surface area contributed by atoms with Crippen molar-refractivity contribution in [2.45, 2.75) is 0 Å². The van der Waals surface area contributed by atoms with Crippen LogP contribution >= 0.6 is 0 Å². The first-order valence-electron chi connectivity index (χ1n) is 4.83. The molecule has 16 heavy (non-hydrogen) atoms. The minimum absolute atomic E-state index is 0.367. The number of rotatable bonds is 1. The first kappa shape index (κ1) is 10.0. The second kappa shape index (κ2) is 4.33. The molecule has 1 aromatic carbocycles. The fourth-order valence-corrected chi connectivity index (χ4v) is 1.43. The molecule has 0 atom stereocenters. The van der Waals surface area contributed by atoms with Crippen LogP contribution in [0.25, 0.3) is 0 Å². The number of aliphatic imine (C=N–C) groups is 1. The minimum Gasteiger partial charge on any atom is -0.354 e. The van der Waals surface area contributed by atoms with E-state index in [1.165, 1.54) is 0 Å². The lowest BCUT2D eigenvalue weighted by atomic mass is 10.1. The van der Waals surface area contributed by atoms with Gasteiger partial charge in [0.1, 0.15) is 12.1 Å². The molecule has 2 rings (SSSR count). The highest BCUT2D eigenvalue weighted by Crippen LogP contribution is 2.14. The quantitative estimate of drug-likeness (QED) is 0.719. The van der Waals surface area contributed by atoms with Crippen LogP contribution in [0.2, 0.25) is 0 Å². The van der Waals surface area contributed by atoms with Crippen molar-refractivity contribution in [3.05, 3.63) is 29.3 Å². The van der Waals surface area contributed by atoms with E-state index in [9.17, 15) is 0 Å². The molecular weight excluding hydrogens is 202 g/mol. The zero-order valence-electron chi connectivity index (χ0n) is 8.49. The van der Waals surface area contributed by atoms with Gasteiger partial charge in [-0.05, 0) is 18.2 Å². The smallest absolute Gasteiger partial charge is 0.195 e. The number of benzene rings is 1. The van der Waals surface area contributed by atoms with E-state index < -0.39 is 0 Å². The van der Waals surface area contributed by atoms with E-state index in [4.69, 9.17) is 10.5 Å². The average Bonchev–Trinajstić information content (AvgIpc) is 2.81. The topological polar surface area (TPSA) is 84.0 Å². The molecule has 2 N–H and O–H groups in total. The van der Waals surface area contributed by atoms with Gasteiger partial charge in [0, 0.05) is 12.2 Å². The molecule has 1 heterocycles. The van der Waals surface area contributed by atoms with Gasteiger partial charge in [0.25, 0.3) is 0 Å². The molecule has 1 aromatic rings. The predicted molar refractivity (Wildman–Crippen MR) is 59.8 cm³/mol. The second-order valence-corrected chi connectivity index (χ2v) is 3.27. The highest BCUT2D eigenvalue weighted by atomic mass is 15.2. The van der Waals surface area contributed by atoms with Crippen LogP contribution in [0.3, 0.4) is 0 Å². The zero-order valence-corrected chi connectivity index (χ0v) is 8.49. The molecule has 5 nitrogen and oxygen atoms in total. The summed E-state index contributed by atoms with van der Waals surface area (Å²) in [5.41, 5.74) is 1.50. The lowest BCUT2D eigenvalue weighted by Crippen LogP contribution is -2.26. The van der Waals surface area contributed by atoms with E-state index in [-0.39, 0.29) is 0 Å². The average molecular weight is 211 g/mol. The Morgan fingerprint density at radius 3 is 2.69 bits per heavy atom. The lowest BCUT2D eigenvalue weighted by molar-refractivity contribution is 0.959. The summed E-state index contributed by atoms with van der Waals surface area (Å²) < 4.78 is 0. The Balaban J connectivity index is 2.24. The molecule has 0 radical (unpaired) electrons.